The number of hydrogen-bond donors (Lipinski definition) is 1. The number of aromatic nitrogens is 2. The molecule has 1 aromatic rings. The summed E-state index contributed by atoms with van der Waals surface area (Å²) in [5.41, 5.74) is 1.14. The van der Waals surface area contributed by atoms with E-state index in [-0.39, 0.29) is 0 Å². The van der Waals surface area contributed by atoms with Crippen molar-refractivity contribution >= 4 is 12.6 Å². The Kier molecular flexibility index (Phi) is 2.41. The molecule has 0 amide bonds. The Hall–Kier alpha value is -0.610. The molecule has 0 atom stereocenters. The first-order valence-corrected chi connectivity index (χ1v) is 6.05. The van der Waals surface area contributed by atoms with Crippen LogP contribution in [-0.2, 0) is 6.54 Å². The molecule has 1 saturated carbocycles. The van der Waals surface area contributed by atoms with Crippen LogP contribution in [0.1, 0.15) is 36.7 Å². The number of thiol groups is 1. The van der Waals surface area contributed by atoms with E-state index in [1.165, 1.54) is 32.4 Å². The maximum atomic E-state index is 4.62. The summed E-state index contributed by atoms with van der Waals surface area (Å²) in [6, 6.07) is 1.99. The second kappa shape index (κ2) is 3.76. The summed E-state index contributed by atoms with van der Waals surface area (Å²) in [6.45, 7) is 3.39. The smallest absolute Gasteiger partial charge is 0.133 e. The summed E-state index contributed by atoms with van der Waals surface area (Å²) < 4.78 is 0. The van der Waals surface area contributed by atoms with E-state index in [9.17, 15) is 0 Å². The summed E-state index contributed by atoms with van der Waals surface area (Å²) in [5, 5.41) is 0.822. The van der Waals surface area contributed by atoms with E-state index < -0.39 is 0 Å². The van der Waals surface area contributed by atoms with Gasteiger partial charge in [-0.05, 0) is 38.4 Å². The van der Waals surface area contributed by atoms with Crippen molar-refractivity contribution in [1.82, 2.24) is 14.9 Å². The van der Waals surface area contributed by atoms with Gasteiger partial charge in [-0.1, -0.05) is 0 Å². The van der Waals surface area contributed by atoms with Crippen LogP contribution in [0.5, 0.6) is 0 Å². The summed E-state index contributed by atoms with van der Waals surface area (Å²) in [7, 11) is 0. The second-order valence-corrected chi connectivity index (χ2v) is 4.94. The fraction of sp³-hybridized carbons (Fsp3) is 0.636. The number of hydrogen-bond acceptors (Lipinski definition) is 4. The van der Waals surface area contributed by atoms with E-state index in [0.29, 0.717) is 5.92 Å². The van der Waals surface area contributed by atoms with Crippen LogP contribution in [0.3, 0.4) is 0 Å². The zero-order valence-corrected chi connectivity index (χ0v) is 9.58. The summed E-state index contributed by atoms with van der Waals surface area (Å²) in [5.74, 6) is 1.63. The number of nitrogens with zero attached hydrogens (tertiary/aromatic N) is 3. The average Bonchev–Trinajstić information content (AvgIpc) is 2.93. The molecule has 2 fully saturated rings. The highest BCUT2D eigenvalue weighted by Crippen LogP contribution is 2.38. The molecule has 15 heavy (non-hydrogen) atoms. The Labute approximate surface area is 95.3 Å². The molecule has 3 nitrogen and oxygen atoms in total. The molecule has 2 aliphatic rings. The zero-order valence-electron chi connectivity index (χ0n) is 8.69. The van der Waals surface area contributed by atoms with Gasteiger partial charge in [0.1, 0.15) is 5.82 Å². The Morgan fingerprint density at radius 2 is 2.13 bits per heavy atom. The highest BCUT2D eigenvalue weighted by atomic mass is 32.1. The van der Waals surface area contributed by atoms with Crippen LogP contribution < -0.4 is 0 Å². The molecular formula is C11H15N3S. The predicted molar refractivity (Wildman–Crippen MR) is 61.2 cm³/mol. The minimum Gasteiger partial charge on any atom is -0.297 e. The number of likely N-dealkylation sites (tertiary alicyclic amines) is 1. The monoisotopic (exact) mass is 221 g/mol. The maximum absolute atomic E-state index is 4.62. The lowest BCUT2D eigenvalue weighted by atomic mass is 10.2. The van der Waals surface area contributed by atoms with Crippen LogP contribution in [-0.4, -0.2) is 28.0 Å². The highest BCUT2D eigenvalue weighted by molar-refractivity contribution is 7.80. The van der Waals surface area contributed by atoms with E-state index in [1.807, 2.05) is 6.07 Å². The Bertz CT molecular complexity index is 372. The molecule has 1 saturated heterocycles. The SMILES string of the molecule is Sc1cc(CN2CCC2)nc(C2CC2)n1. The Morgan fingerprint density at radius 1 is 1.33 bits per heavy atom. The van der Waals surface area contributed by atoms with Gasteiger partial charge >= 0.3 is 0 Å². The van der Waals surface area contributed by atoms with Crippen molar-refractivity contribution in [2.45, 2.75) is 36.8 Å². The zero-order chi connectivity index (χ0) is 10.3. The van der Waals surface area contributed by atoms with Gasteiger partial charge in [-0.25, -0.2) is 9.97 Å². The largest absolute Gasteiger partial charge is 0.297 e. The van der Waals surface area contributed by atoms with Crippen LogP contribution in [0, 0.1) is 0 Å². The van der Waals surface area contributed by atoms with Gasteiger partial charge in [0.15, 0.2) is 0 Å². The summed E-state index contributed by atoms with van der Waals surface area (Å²) >= 11 is 4.35. The third kappa shape index (κ3) is 2.16. The third-order valence-electron chi connectivity index (χ3n) is 3.06. The molecule has 4 heteroatoms. The molecule has 0 spiro atoms. The van der Waals surface area contributed by atoms with E-state index in [4.69, 9.17) is 0 Å². The van der Waals surface area contributed by atoms with Gasteiger partial charge in [0.05, 0.1) is 10.7 Å². The minimum atomic E-state index is 0.618. The van der Waals surface area contributed by atoms with Crippen molar-refractivity contribution in [3.63, 3.8) is 0 Å². The average molecular weight is 221 g/mol. The van der Waals surface area contributed by atoms with E-state index >= 15 is 0 Å². The molecule has 80 valence electrons. The van der Waals surface area contributed by atoms with E-state index in [0.717, 1.165) is 23.1 Å². The van der Waals surface area contributed by atoms with Crippen LogP contribution in [0.4, 0.5) is 0 Å². The van der Waals surface area contributed by atoms with E-state index in [2.05, 4.69) is 27.5 Å². The molecular weight excluding hydrogens is 206 g/mol. The molecule has 0 radical (unpaired) electrons. The van der Waals surface area contributed by atoms with Gasteiger partial charge in [0, 0.05) is 12.5 Å². The van der Waals surface area contributed by atoms with Gasteiger partial charge in [-0.2, -0.15) is 0 Å². The minimum absolute atomic E-state index is 0.618. The molecule has 0 aromatic carbocycles. The summed E-state index contributed by atoms with van der Waals surface area (Å²) in [6.07, 6.45) is 3.83. The highest BCUT2D eigenvalue weighted by Gasteiger charge is 2.27. The van der Waals surface area contributed by atoms with Gasteiger partial charge < -0.3 is 0 Å². The molecule has 3 rings (SSSR count). The van der Waals surface area contributed by atoms with Crippen molar-refractivity contribution in [3.05, 3.63) is 17.6 Å². The maximum Gasteiger partial charge on any atom is 0.133 e. The van der Waals surface area contributed by atoms with Crippen molar-refractivity contribution in [3.8, 4) is 0 Å². The molecule has 0 N–H and O–H groups in total. The van der Waals surface area contributed by atoms with Gasteiger partial charge in [-0.3, -0.25) is 4.90 Å². The first-order valence-electron chi connectivity index (χ1n) is 5.60. The molecule has 1 aromatic heterocycles. The molecule has 1 aliphatic heterocycles. The number of rotatable bonds is 3. The lowest BCUT2D eigenvalue weighted by Gasteiger charge is -2.30. The lowest BCUT2D eigenvalue weighted by Crippen LogP contribution is -2.36. The first kappa shape index (κ1) is 9.60. The topological polar surface area (TPSA) is 29.0 Å². The molecule has 2 heterocycles. The normalized spacial score (nSPS) is 21.4. The van der Waals surface area contributed by atoms with Gasteiger partial charge in [0.2, 0.25) is 0 Å². The van der Waals surface area contributed by atoms with Crippen LogP contribution in [0.15, 0.2) is 11.1 Å². The third-order valence-corrected chi connectivity index (χ3v) is 3.29. The lowest BCUT2D eigenvalue weighted by molar-refractivity contribution is 0.170. The summed E-state index contributed by atoms with van der Waals surface area (Å²) in [4.78, 5) is 11.4. The predicted octanol–water partition coefficient (Wildman–Crippen LogP) is 1.85. The van der Waals surface area contributed by atoms with E-state index in [1.54, 1.807) is 0 Å². The fourth-order valence-electron chi connectivity index (χ4n) is 1.88. The molecule has 1 aliphatic carbocycles. The fourth-order valence-corrected chi connectivity index (χ4v) is 2.13. The van der Waals surface area contributed by atoms with Gasteiger partial charge in [0.25, 0.3) is 0 Å². The quantitative estimate of drug-likeness (QED) is 0.624. The van der Waals surface area contributed by atoms with Crippen molar-refractivity contribution in [1.29, 1.82) is 0 Å². The van der Waals surface area contributed by atoms with Crippen LogP contribution in [0.25, 0.3) is 0 Å². The van der Waals surface area contributed by atoms with Crippen LogP contribution in [0.2, 0.25) is 0 Å². The first-order chi connectivity index (χ1) is 7.31. The Morgan fingerprint density at radius 3 is 2.73 bits per heavy atom. The van der Waals surface area contributed by atoms with Gasteiger partial charge in [-0.15, -0.1) is 12.6 Å². The van der Waals surface area contributed by atoms with Crippen molar-refractivity contribution in [2.75, 3.05) is 13.1 Å². The van der Waals surface area contributed by atoms with Crippen molar-refractivity contribution in [2.24, 2.45) is 0 Å². The molecule has 0 bridgehead atoms. The standard InChI is InChI=1S/C11H15N3S/c15-10-6-9(7-14-4-1-5-14)12-11(13-10)8-2-3-8/h6,8H,1-5,7H2,(H,12,13,15). The Balaban J connectivity index is 1.79. The second-order valence-electron chi connectivity index (χ2n) is 4.48. The molecule has 0 unspecified atom stereocenters. The van der Waals surface area contributed by atoms with Crippen LogP contribution >= 0.6 is 12.6 Å². The van der Waals surface area contributed by atoms with Crippen molar-refractivity contribution < 1.29 is 0 Å².